The largest absolute Gasteiger partial charge is 0.316 e. The highest BCUT2D eigenvalue weighted by molar-refractivity contribution is 4.63. The van der Waals surface area contributed by atoms with Crippen molar-refractivity contribution < 1.29 is 0 Å². The van der Waals surface area contributed by atoms with Crippen LogP contribution in [-0.2, 0) is 0 Å². The van der Waals surface area contributed by atoms with Crippen LogP contribution >= 0.6 is 0 Å². The predicted molar refractivity (Wildman–Crippen MR) is 79.4 cm³/mol. The molecular formula is C16H35N. The molecule has 0 fully saturated rings. The number of rotatable bonds is 11. The standard InChI is InChI=1S/C16H35N/c1-6-8-9-16(7-2)13-17-11-10-15(5)12-14(3)4/h14-17H,6-13H2,1-5H3. The van der Waals surface area contributed by atoms with Crippen LogP contribution in [-0.4, -0.2) is 13.1 Å². The van der Waals surface area contributed by atoms with E-state index in [9.17, 15) is 0 Å². The molecule has 0 saturated carbocycles. The van der Waals surface area contributed by atoms with Crippen molar-refractivity contribution in [2.24, 2.45) is 17.8 Å². The molecule has 1 nitrogen and oxygen atoms in total. The molecule has 0 spiro atoms. The molecule has 0 rings (SSSR count). The number of unbranched alkanes of at least 4 members (excludes halogenated alkanes) is 1. The van der Waals surface area contributed by atoms with E-state index < -0.39 is 0 Å². The molecule has 0 aromatic rings. The Morgan fingerprint density at radius 2 is 1.71 bits per heavy atom. The van der Waals surface area contributed by atoms with Gasteiger partial charge in [-0.25, -0.2) is 0 Å². The normalized spacial score (nSPS) is 15.2. The van der Waals surface area contributed by atoms with E-state index in [2.05, 4.69) is 39.9 Å². The van der Waals surface area contributed by atoms with E-state index in [1.165, 1.54) is 51.6 Å². The second kappa shape index (κ2) is 11.1. The Kier molecular flexibility index (Phi) is 11.0. The van der Waals surface area contributed by atoms with Crippen molar-refractivity contribution in [3.8, 4) is 0 Å². The predicted octanol–water partition coefficient (Wildman–Crippen LogP) is 4.86. The summed E-state index contributed by atoms with van der Waals surface area (Å²) in [5.74, 6) is 2.62. The van der Waals surface area contributed by atoms with Gasteiger partial charge in [0.25, 0.3) is 0 Å². The summed E-state index contributed by atoms with van der Waals surface area (Å²) in [6.07, 6.45) is 8.17. The zero-order valence-corrected chi connectivity index (χ0v) is 12.9. The second-order valence-electron chi connectivity index (χ2n) is 6.14. The number of nitrogens with one attached hydrogen (secondary N) is 1. The van der Waals surface area contributed by atoms with Crippen LogP contribution in [0.3, 0.4) is 0 Å². The van der Waals surface area contributed by atoms with Gasteiger partial charge in [-0.2, -0.15) is 0 Å². The van der Waals surface area contributed by atoms with E-state index in [0.717, 1.165) is 17.8 Å². The Labute approximate surface area is 110 Å². The zero-order chi connectivity index (χ0) is 13.1. The van der Waals surface area contributed by atoms with Gasteiger partial charge in [0.2, 0.25) is 0 Å². The summed E-state index contributed by atoms with van der Waals surface area (Å²) in [4.78, 5) is 0. The summed E-state index contributed by atoms with van der Waals surface area (Å²) in [5, 5.41) is 3.65. The van der Waals surface area contributed by atoms with Gasteiger partial charge in [0.1, 0.15) is 0 Å². The van der Waals surface area contributed by atoms with Gasteiger partial charge in [0.15, 0.2) is 0 Å². The lowest BCUT2D eigenvalue weighted by molar-refractivity contribution is 0.380. The average Bonchev–Trinajstić information content (AvgIpc) is 2.27. The molecule has 0 aromatic heterocycles. The minimum atomic E-state index is 0.845. The molecule has 104 valence electrons. The Bertz CT molecular complexity index is 154. The molecule has 2 atom stereocenters. The van der Waals surface area contributed by atoms with E-state index in [1.54, 1.807) is 0 Å². The fraction of sp³-hybridized carbons (Fsp3) is 1.00. The molecule has 0 radical (unpaired) electrons. The fourth-order valence-corrected chi connectivity index (χ4v) is 2.52. The van der Waals surface area contributed by atoms with Crippen molar-refractivity contribution >= 4 is 0 Å². The molecule has 0 amide bonds. The van der Waals surface area contributed by atoms with E-state index in [0.29, 0.717) is 0 Å². The van der Waals surface area contributed by atoms with Crippen molar-refractivity contribution in [2.45, 2.75) is 73.1 Å². The van der Waals surface area contributed by atoms with Gasteiger partial charge in [-0.3, -0.25) is 0 Å². The third-order valence-electron chi connectivity index (χ3n) is 3.66. The van der Waals surface area contributed by atoms with Gasteiger partial charge in [0.05, 0.1) is 0 Å². The molecule has 0 heterocycles. The number of hydrogen-bond acceptors (Lipinski definition) is 1. The summed E-state index contributed by atoms with van der Waals surface area (Å²) in [6, 6.07) is 0. The first kappa shape index (κ1) is 17.0. The van der Waals surface area contributed by atoms with Crippen LogP contribution in [0.15, 0.2) is 0 Å². The summed E-state index contributed by atoms with van der Waals surface area (Å²) in [5.41, 5.74) is 0. The first-order valence-corrected chi connectivity index (χ1v) is 7.80. The highest BCUT2D eigenvalue weighted by Gasteiger charge is 2.07. The molecular weight excluding hydrogens is 206 g/mol. The topological polar surface area (TPSA) is 12.0 Å². The SMILES string of the molecule is CCCCC(CC)CNCCC(C)CC(C)C. The molecule has 1 N–H and O–H groups in total. The summed E-state index contributed by atoms with van der Waals surface area (Å²) in [6.45, 7) is 14.1. The zero-order valence-electron chi connectivity index (χ0n) is 12.9. The lowest BCUT2D eigenvalue weighted by atomic mass is 9.95. The van der Waals surface area contributed by atoms with Crippen LogP contribution in [0.2, 0.25) is 0 Å². The Morgan fingerprint density at radius 3 is 2.24 bits per heavy atom. The van der Waals surface area contributed by atoms with Gasteiger partial charge < -0.3 is 5.32 Å². The molecule has 0 aliphatic rings. The van der Waals surface area contributed by atoms with E-state index in [1.807, 2.05) is 0 Å². The Balaban J connectivity index is 3.47. The smallest absolute Gasteiger partial charge is 0.00206 e. The quantitative estimate of drug-likeness (QED) is 0.509. The monoisotopic (exact) mass is 241 g/mol. The third kappa shape index (κ3) is 10.8. The molecule has 0 aliphatic heterocycles. The lowest BCUT2D eigenvalue weighted by Crippen LogP contribution is -2.24. The lowest BCUT2D eigenvalue weighted by Gasteiger charge is -2.17. The van der Waals surface area contributed by atoms with Crippen molar-refractivity contribution in [3.63, 3.8) is 0 Å². The summed E-state index contributed by atoms with van der Waals surface area (Å²) in [7, 11) is 0. The molecule has 2 unspecified atom stereocenters. The van der Waals surface area contributed by atoms with Crippen LogP contribution in [0.4, 0.5) is 0 Å². The Morgan fingerprint density at radius 1 is 1.00 bits per heavy atom. The minimum Gasteiger partial charge on any atom is -0.316 e. The second-order valence-corrected chi connectivity index (χ2v) is 6.14. The van der Waals surface area contributed by atoms with Crippen LogP contribution in [0.25, 0.3) is 0 Å². The highest BCUT2D eigenvalue weighted by atomic mass is 14.9. The molecule has 17 heavy (non-hydrogen) atoms. The maximum Gasteiger partial charge on any atom is -0.00206 e. The first-order chi connectivity index (χ1) is 8.10. The molecule has 1 heteroatoms. The van der Waals surface area contributed by atoms with Crippen molar-refractivity contribution in [1.29, 1.82) is 0 Å². The fourth-order valence-electron chi connectivity index (χ4n) is 2.52. The summed E-state index contributed by atoms with van der Waals surface area (Å²) >= 11 is 0. The van der Waals surface area contributed by atoms with Crippen molar-refractivity contribution in [3.05, 3.63) is 0 Å². The van der Waals surface area contributed by atoms with Crippen LogP contribution in [0.1, 0.15) is 73.1 Å². The van der Waals surface area contributed by atoms with E-state index >= 15 is 0 Å². The van der Waals surface area contributed by atoms with Gasteiger partial charge in [-0.05, 0) is 50.1 Å². The van der Waals surface area contributed by atoms with Gasteiger partial charge in [-0.1, -0.05) is 53.9 Å². The molecule has 0 saturated heterocycles. The van der Waals surface area contributed by atoms with Crippen molar-refractivity contribution in [2.75, 3.05) is 13.1 Å². The van der Waals surface area contributed by atoms with Crippen molar-refractivity contribution in [1.82, 2.24) is 5.32 Å². The van der Waals surface area contributed by atoms with Crippen LogP contribution < -0.4 is 5.32 Å². The van der Waals surface area contributed by atoms with Gasteiger partial charge in [-0.15, -0.1) is 0 Å². The third-order valence-corrected chi connectivity index (χ3v) is 3.66. The number of hydrogen-bond donors (Lipinski definition) is 1. The molecule has 0 aliphatic carbocycles. The van der Waals surface area contributed by atoms with E-state index in [-0.39, 0.29) is 0 Å². The maximum atomic E-state index is 3.65. The highest BCUT2D eigenvalue weighted by Crippen LogP contribution is 2.14. The molecule has 0 bridgehead atoms. The first-order valence-electron chi connectivity index (χ1n) is 7.80. The average molecular weight is 241 g/mol. The summed E-state index contributed by atoms with van der Waals surface area (Å²) < 4.78 is 0. The van der Waals surface area contributed by atoms with Gasteiger partial charge in [0, 0.05) is 0 Å². The molecule has 0 aromatic carbocycles. The van der Waals surface area contributed by atoms with Crippen LogP contribution in [0, 0.1) is 17.8 Å². The van der Waals surface area contributed by atoms with Gasteiger partial charge >= 0.3 is 0 Å². The van der Waals surface area contributed by atoms with E-state index in [4.69, 9.17) is 0 Å². The maximum absolute atomic E-state index is 3.65. The Hall–Kier alpha value is -0.0400. The minimum absolute atomic E-state index is 0.845. The van der Waals surface area contributed by atoms with Crippen LogP contribution in [0.5, 0.6) is 0 Å².